The van der Waals surface area contributed by atoms with Gasteiger partial charge in [0.25, 0.3) is 0 Å². The number of amides is 1. The predicted molar refractivity (Wildman–Crippen MR) is 94.8 cm³/mol. The molecule has 2 atom stereocenters. The fourth-order valence-corrected chi connectivity index (χ4v) is 4.38. The summed E-state index contributed by atoms with van der Waals surface area (Å²) in [5.74, 6) is 2.98. The third-order valence-corrected chi connectivity index (χ3v) is 6.09. The Labute approximate surface area is 144 Å². The van der Waals surface area contributed by atoms with E-state index in [-0.39, 0.29) is 11.8 Å². The maximum atomic E-state index is 12.6. The molecule has 0 aliphatic heterocycles. The molecule has 3 aliphatic rings. The summed E-state index contributed by atoms with van der Waals surface area (Å²) >= 11 is 0. The quantitative estimate of drug-likeness (QED) is 0.868. The molecule has 3 aliphatic carbocycles. The van der Waals surface area contributed by atoms with Crippen molar-refractivity contribution >= 4 is 11.6 Å². The Bertz CT molecular complexity index is 568. The summed E-state index contributed by atoms with van der Waals surface area (Å²) in [6.07, 6.45) is 8.14. The second-order valence-corrected chi connectivity index (χ2v) is 7.96. The molecule has 130 valence electrons. The van der Waals surface area contributed by atoms with E-state index in [0.29, 0.717) is 17.9 Å². The third-order valence-electron chi connectivity index (χ3n) is 6.09. The molecule has 4 rings (SSSR count). The molecule has 4 heteroatoms. The number of fused-ring (bicyclic) bond motifs is 2. The molecule has 0 spiro atoms. The van der Waals surface area contributed by atoms with Gasteiger partial charge in [0.1, 0.15) is 5.75 Å². The highest BCUT2D eigenvalue weighted by atomic mass is 16.5. The molecule has 2 bridgehead atoms. The normalized spacial score (nSPS) is 32.2. The van der Waals surface area contributed by atoms with Crippen LogP contribution in [0.1, 0.15) is 44.9 Å². The second-order valence-electron chi connectivity index (χ2n) is 7.96. The molecule has 1 aromatic rings. The van der Waals surface area contributed by atoms with Crippen LogP contribution in [0.5, 0.6) is 5.75 Å². The minimum Gasteiger partial charge on any atom is -0.493 e. The first-order chi connectivity index (χ1) is 11.7. The zero-order chi connectivity index (χ0) is 16.5. The van der Waals surface area contributed by atoms with E-state index >= 15 is 0 Å². The monoisotopic (exact) mass is 328 g/mol. The number of nitrogens with two attached hydrogens (primary N) is 1. The third kappa shape index (κ3) is 3.59. The van der Waals surface area contributed by atoms with Crippen molar-refractivity contribution in [3.05, 3.63) is 24.3 Å². The maximum absolute atomic E-state index is 12.6. The largest absolute Gasteiger partial charge is 0.493 e. The number of hydrogen-bond donors (Lipinski definition) is 2. The van der Waals surface area contributed by atoms with Crippen LogP contribution in [0, 0.1) is 23.7 Å². The number of ether oxygens (including phenoxy) is 1. The average Bonchev–Trinajstić information content (AvgIpc) is 3.38. The standard InChI is InChI=1S/C20H28N2O2/c21-19-14-2-1-3-15(19)11-16(10-14)20(23)22-17-6-8-18(9-7-17)24-12-13-4-5-13/h6-9,13-16,19H,1-5,10-12,21H2,(H,22,23). The van der Waals surface area contributed by atoms with Crippen LogP contribution in [-0.2, 0) is 4.79 Å². The van der Waals surface area contributed by atoms with Gasteiger partial charge in [0.2, 0.25) is 5.91 Å². The van der Waals surface area contributed by atoms with Crippen LogP contribution in [0.4, 0.5) is 5.69 Å². The zero-order valence-electron chi connectivity index (χ0n) is 14.2. The summed E-state index contributed by atoms with van der Waals surface area (Å²) in [6, 6.07) is 8.09. The van der Waals surface area contributed by atoms with Crippen molar-refractivity contribution in [2.45, 2.75) is 51.0 Å². The molecule has 4 nitrogen and oxygen atoms in total. The molecule has 24 heavy (non-hydrogen) atoms. The number of nitrogens with one attached hydrogen (secondary N) is 1. The molecule has 2 unspecified atom stereocenters. The molecular weight excluding hydrogens is 300 g/mol. The van der Waals surface area contributed by atoms with Crippen LogP contribution in [-0.4, -0.2) is 18.6 Å². The lowest BCUT2D eigenvalue weighted by Crippen LogP contribution is -2.48. The summed E-state index contributed by atoms with van der Waals surface area (Å²) in [5, 5.41) is 3.08. The second kappa shape index (κ2) is 6.75. The van der Waals surface area contributed by atoms with Gasteiger partial charge in [0, 0.05) is 17.6 Å². The molecule has 1 amide bonds. The average molecular weight is 328 g/mol. The number of carbonyl (C=O) groups excluding carboxylic acids is 1. The minimum atomic E-state index is 0.117. The van der Waals surface area contributed by atoms with Gasteiger partial charge in [0.15, 0.2) is 0 Å². The minimum absolute atomic E-state index is 0.117. The van der Waals surface area contributed by atoms with Gasteiger partial charge in [-0.2, -0.15) is 0 Å². The Morgan fingerprint density at radius 3 is 2.38 bits per heavy atom. The number of carbonyl (C=O) groups is 1. The van der Waals surface area contributed by atoms with Gasteiger partial charge in [-0.25, -0.2) is 0 Å². The van der Waals surface area contributed by atoms with Crippen LogP contribution in [0.15, 0.2) is 24.3 Å². The first-order valence-corrected chi connectivity index (χ1v) is 9.48. The molecule has 0 aromatic heterocycles. The highest BCUT2D eigenvalue weighted by Gasteiger charge is 2.40. The van der Waals surface area contributed by atoms with Crippen molar-refractivity contribution in [2.75, 3.05) is 11.9 Å². The fraction of sp³-hybridized carbons (Fsp3) is 0.650. The van der Waals surface area contributed by atoms with Crippen LogP contribution in [0.2, 0.25) is 0 Å². The molecule has 1 aromatic carbocycles. The van der Waals surface area contributed by atoms with Crippen molar-refractivity contribution in [1.29, 1.82) is 0 Å². The Balaban J connectivity index is 1.32. The summed E-state index contributed by atoms with van der Waals surface area (Å²) in [5.41, 5.74) is 7.18. The van der Waals surface area contributed by atoms with Crippen LogP contribution in [0.25, 0.3) is 0 Å². The lowest BCUT2D eigenvalue weighted by molar-refractivity contribution is -0.122. The van der Waals surface area contributed by atoms with E-state index in [2.05, 4.69) is 5.32 Å². The first-order valence-electron chi connectivity index (χ1n) is 9.48. The number of benzene rings is 1. The SMILES string of the molecule is NC1C2CCCC1CC(C(=O)Nc1ccc(OCC3CC3)cc1)C2. The molecular formula is C20H28N2O2. The molecule has 3 saturated carbocycles. The van der Waals surface area contributed by atoms with Crippen molar-refractivity contribution < 1.29 is 9.53 Å². The van der Waals surface area contributed by atoms with E-state index in [0.717, 1.165) is 36.8 Å². The van der Waals surface area contributed by atoms with Gasteiger partial charge in [-0.05, 0) is 80.5 Å². The van der Waals surface area contributed by atoms with E-state index in [1.54, 1.807) is 0 Å². The smallest absolute Gasteiger partial charge is 0.227 e. The van der Waals surface area contributed by atoms with Crippen LogP contribution >= 0.6 is 0 Å². The number of anilines is 1. The highest BCUT2D eigenvalue weighted by molar-refractivity contribution is 5.92. The van der Waals surface area contributed by atoms with Crippen molar-refractivity contribution in [2.24, 2.45) is 29.4 Å². The lowest BCUT2D eigenvalue weighted by Gasteiger charge is -2.43. The fourth-order valence-electron chi connectivity index (χ4n) is 4.38. The first kappa shape index (κ1) is 15.9. The van der Waals surface area contributed by atoms with Crippen LogP contribution < -0.4 is 15.8 Å². The van der Waals surface area contributed by atoms with Gasteiger partial charge >= 0.3 is 0 Å². The van der Waals surface area contributed by atoms with Crippen molar-refractivity contribution in [3.8, 4) is 5.75 Å². The highest BCUT2D eigenvalue weighted by Crippen LogP contribution is 2.42. The number of hydrogen-bond acceptors (Lipinski definition) is 3. The van der Waals surface area contributed by atoms with Gasteiger partial charge < -0.3 is 15.8 Å². The van der Waals surface area contributed by atoms with E-state index in [1.165, 1.54) is 32.1 Å². The summed E-state index contributed by atoms with van der Waals surface area (Å²) in [6.45, 7) is 0.816. The number of rotatable bonds is 5. The Morgan fingerprint density at radius 2 is 1.75 bits per heavy atom. The van der Waals surface area contributed by atoms with Crippen molar-refractivity contribution in [1.82, 2.24) is 0 Å². The van der Waals surface area contributed by atoms with E-state index in [9.17, 15) is 4.79 Å². The van der Waals surface area contributed by atoms with Gasteiger partial charge in [-0.1, -0.05) is 6.42 Å². The Kier molecular flexibility index (Phi) is 4.49. The summed E-state index contributed by atoms with van der Waals surface area (Å²) in [4.78, 5) is 12.6. The van der Waals surface area contributed by atoms with Gasteiger partial charge in [-0.15, -0.1) is 0 Å². The van der Waals surface area contributed by atoms with Crippen LogP contribution in [0.3, 0.4) is 0 Å². The van der Waals surface area contributed by atoms with E-state index in [4.69, 9.17) is 10.5 Å². The summed E-state index contributed by atoms with van der Waals surface area (Å²) < 4.78 is 5.74. The molecule has 0 heterocycles. The van der Waals surface area contributed by atoms with Gasteiger partial charge in [-0.3, -0.25) is 4.79 Å². The van der Waals surface area contributed by atoms with Gasteiger partial charge in [0.05, 0.1) is 6.61 Å². The maximum Gasteiger partial charge on any atom is 0.227 e. The topological polar surface area (TPSA) is 64.4 Å². The zero-order valence-corrected chi connectivity index (χ0v) is 14.2. The van der Waals surface area contributed by atoms with E-state index < -0.39 is 0 Å². The Morgan fingerprint density at radius 1 is 1.08 bits per heavy atom. The molecule has 3 N–H and O–H groups in total. The van der Waals surface area contributed by atoms with Crippen molar-refractivity contribution in [3.63, 3.8) is 0 Å². The molecule has 0 saturated heterocycles. The van der Waals surface area contributed by atoms with E-state index in [1.807, 2.05) is 24.3 Å². The predicted octanol–water partition coefficient (Wildman–Crippen LogP) is 3.57. The Hall–Kier alpha value is -1.55. The lowest BCUT2D eigenvalue weighted by atomic mass is 9.65. The molecule has 3 fully saturated rings. The molecule has 0 radical (unpaired) electrons. The summed E-state index contributed by atoms with van der Waals surface area (Å²) in [7, 11) is 0.